The SMILES string of the molecule is CCCCCn1c(CC)c(C2(c3c(CC)n(CCCCC)c4ccccc34)OC(=O)c3ccccc32)c2ccccc21. The minimum Gasteiger partial charge on any atom is -0.440 e. The van der Waals surface area contributed by atoms with Crippen LogP contribution >= 0.6 is 0 Å². The van der Waals surface area contributed by atoms with Crippen molar-refractivity contribution in [2.24, 2.45) is 0 Å². The maximum absolute atomic E-state index is 13.9. The number of unbranched alkanes of at least 4 members (excludes halogenated alkanes) is 4. The summed E-state index contributed by atoms with van der Waals surface area (Å²) in [6.45, 7) is 10.9. The molecule has 0 radical (unpaired) electrons. The average Bonchev–Trinajstić information content (AvgIpc) is 3.63. The summed E-state index contributed by atoms with van der Waals surface area (Å²) in [6.07, 6.45) is 8.71. The number of aromatic nitrogens is 2. The number of hydrogen-bond acceptors (Lipinski definition) is 2. The van der Waals surface area contributed by atoms with Crippen LogP contribution in [0.25, 0.3) is 21.8 Å². The Balaban J connectivity index is 1.76. The number of benzene rings is 3. The summed E-state index contributed by atoms with van der Waals surface area (Å²) < 4.78 is 11.9. The van der Waals surface area contributed by atoms with Crippen LogP contribution in [0, 0.1) is 0 Å². The van der Waals surface area contributed by atoms with Crippen LogP contribution in [0.1, 0.15) is 105 Å². The Hall–Kier alpha value is -3.79. The van der Waals surface area contributed by atoms with E-state index in [1.807, 2.05) is 12.1 Å². The molecular weight excluding hydrogens is 516 g/mol. The van der Waals surface area contributed by atoms with E-state index in [9.17, 15) is 4.79 Å². The predicted octanol–water partition coefficient (Wildman–Crippen LogP) is 9.56. The predicted molar refractivity (Wildman–Crippen MR) is 173 cm³/mol. The highest BCUT2D eigenvalue weighted by molar-refractivity contribution is 6.01. The molecule has 6 rings (SSSR count). The molecule has 0 saturated carbocycles. The van der Waals surface area contributed by atoms with Gasteiger partial charge in [-0.25, -0.2) is 4.79 Å². The Morgan fingerprint density at radius 2 is 1.10 bits per heavy atom. The van der Waals surface area contributed by atoms with E-state index in [-0.39, 0.29) is 5.97 Å². The highest BCUT2D eigenvalue weighted by Gasteiger charge is 2.53. The van der Waals surface area contributed by atoms with Gasteiger partial charge in [0.2, 0.25) is 0 Å². The highest BCUT2D eigenvalue weighted by atomic mass is 16.6. The van der Waals surface area contributed by atoms with E-state index in [2.05, 4.69) is 97.5 Å². The van der Waals surface area contributed by atoms with Crippen molar-refractivity contribution in [3.8, 4) is 0 Å². The van der Waals surface area contributed by atoms with Gasteiger partial charge in [-0.2, -0.15) is 0 Å². The van der Waals surface area contributed by atoms with Gasteiger partial charge < -0.3 is 13.9 Å². The molecule has 0 aliphatic carbocycles. The van der Waals surface area contributed by atoms with Crippen LogP contribution in [-0.4, -0.2) is 15.1 Å². The minimum atomic E-state index is -1.03. The van der Waals surface area contributed by atoms with Crippen molar-refractivity contribution in [1.29, 1.82) is 0 Å². The molecule has 5 aromatic rings. The van der Waals surface area contributed by atoms with Crippen molar-refractivity contribution in [3.63, 3.8) is 0 Å². The Morgan fingerprint density at radius 1 is 0.619 bits per heavy atom. The fourth-order valence-corrected chi connectivity index (χ4v) is 7.50. The highest BCUT2D eigenvalue weighted by Crippen LogP contribution is 2.54. The third kappa shape index (κ3) is 4.30. The van der Waals surface area contributed by atoms with Crippen LogP contribution in [-0.2, 0) is 36.3 Å². The van der Waals surface area contributed by atoms with E-state index in [0.717, 1.165) is 55.5 Å². The van der Waals surface area contributed by atoms with Crippen molar-refractivity contribution >= 4 is 27.8 Å². The van der Waals surface area contributed by atoms with Crippen LogP contribution in [0.4, 0.5) is 0 Å². The lowest BCUT2D eigenvalue weighted by Gasteiger charge is -2.32. The molecule has 0 amide bonds. The smallest absolute Gasteiger partial charge is 0.340 e. The number of fused-ring (bicyclic) bond motifs is 3. The molecule has 1 aliphatic rings. The van der Waals surface area contributed by atoms with Crippen LogP contribution < -0.4 is 0 Å². The molecule has 0 bridgehead atoms. The molecule has 0 unspecified atom stereocenters. The van der Waals surface area contributed by atoms with Crippen molar-refractivity contribution in [1.82, 2.24) is 9.13 Å². The van der Waals surface area contributed by atoms with Crippen LogP contribution in [0.5, 0.6) is 0 Å². The van der Waals surface area contributed by atoms with Gasteiger partial charge in [-0.15, -0.1) is 0 Å². The lowest BCUT2D eigenvalue weighted by Crippen LogP contribution is -2.32. The summed E-state index contributed by atoms with van der Waals surface area (Å²) in [5.74, 6) is -0.236. The van der Waals surface area contributed by atoms with E-state index in [0.29, 0.717) is 5.56 Å². The summed E-state index contributed by atoms with van der Waals surface area (Å²) in [7, 11) is 0. The number of hydrogen-bond donors (Lipinski definition) is 0. The second-order valence-corrected chi connectivity index (χ2v) is 11.7. The van der Waals surface area contributed by atoms with Crippen LogP contribution in [0.15, 0.2) is 72.8 Å². The molecular formula is C38H44N2O2. The van der Waals surface area contributed by atoms with Gasteiger partial charge in [-0.3, -0.25) is 0 Å². The first-order chi connectivity index (χ1) is 20.6. The van der Waals surface area contributed by atoms with Gasteiger partial charge in [0.1, 0.15) is 0 Å². The zero-order valence-corrected chi connectivity index (χ0v) is 25.7. The summed E-state index contributed by atoms with van der Waals surface area (Å²) in [5, 5.41) is 2.36. The lowest BCUT2D eigenvalue weighted by molar-refractivity contribution is 0.0254. The molecule has 4 heteroatoms. The molecule has 3 heterocycles. The van der Waals surface area contributed by atoms with E-state index in [1.165, 1.54) is 58.9 Å². The first kappa shape index (κ1) is 28.3. The number of para-hydroxylation sites is 2. The van der Waals surface area contributed by atoms with Gasteiger partial charge in [0.05, 0.1) is 5.56 Å². The summed E-state index contributed by atoms with van der Waals surface area (Å²) in [6, 6.07) is 25.6. The molecule has 218 valence electrons. The zero-order valence-electron chi connectivity index (χ0n) is 25.7. The Bertz CT molecular complexity index is 1640. The standard InChI is InChI=1S/C38H44N2O2/c1-5-9-17-25-39-31(7-3)35(28-20-12-15-23-33(28)39)38(30-22-14-11-19-27(30)37(41)42-38)36-29-21-13-16-24-34(29)40(32(36)8-4)26-18-10-6-2/h11-16,19-24H,5-10,17-18,25-26H2,1-4H3. The number of cyclic esters (lactones) is 1. The van der Waals surface area contributed by atoms with Crippen molar-refractivity contribution in [3.05, 3.63) is 106 Å². The zero-order chi connectivity index (χ0) is 29.3. The van der Waals surface area contributed by atoms with Gasteiger partial charge in [0.25, 0.3) is 0 Å². The molecule has 1 aliphatic heterocycles. The third-order valence-corrected chi connectivity index (χ3v) is 9.27. The molecule has 0 N–H and O–H groups in total. The number of aryl methyl sites for hydroxylation is 2. The first-order valence-electron chi connectivity index (χ1n) is 16.2. The number of ether oxygens (including phenoxy) is 1. The van der Waals surface area contributed by atoms with Crippen molar-refractivity contribution in [2.45, 2.75) is 97.8 Å². The van der Waals surface area contributed by atoms with Crippen molar-refractivity contribution < 1.29 is 9.53 Å². The largest absolute Gasteiger partial charge is 0.440 e. The minimum absolute atomic E-state index is 0.236. The quantitative estimate of drug-likeness (QED) is 0.112. The molecule has 0 saturated heterocycles. The van der Waals surface area contributed by atoms with E-state index >= 15 is 0 Å². The number of carbonyl (C=O) groups excluding carboxylic acids is 1. The van der Waals surface area contributed by atoms with E-state index in [4.69, 9.17) is 4.74 Å². The first-order valence-corrected chi connectivity index (χ1v) is 16.2. The number of carbonyl (C=O) groups is 1. The number of esters is 1. The molecule has 3 aromatic carbocycles. The molecule has 42 heavy (non-hydrogen) atoms. The second kappa shape index (κ2) is 11.8. The normalized spacial score (nSPS) is 14.1. The van der Waals surface area contributed by atoms with Gasteiger partial charge in [-0.05, 0) is 43.9 Å². The molecule has 2 aromatic heterocycles. The van der Waals surface area contributed by atoms with Crippen LogP contribution in [0.3, 0.4) is 0 Å². The summed E-state index contributed by atoms with van der Waals surface area (Å²) in [4.78, 5) is 13.9. The molecule has 0 fully saturated rings. The maximum Gasteiger partial charge on any atom is 0.340 e. The molecule has 4 nitrogen and oxygen atoms in total. The fourth-order valence-electron chi connectivity index (χ4n) is 7.50. The Labute approximate surface area is 250 Å². The van der Waals surface area contributed by atoms with E-state index in [1.54, 1.807) is 0 Å². The monoisotopic (exact) mass is 560 g/mol. The van der Waals surface area contributed by atoms with Gasteiger partial charge in [0.15, 0.2) is 5.60 Å². The van der Waals surface area contributed by atoms with Crippen LogP contribution in [0.2, 0.25) is 0 Å². The third-order valence-electron chi connectivity index (χ3n) is 9.27. The van der Waals surface area contributed by atoms with Gasteiger partial charge in [-0.1, -0.05) is 108 Å². The number of nitrogens with zero attached hydrogens (tertiary/aromatic N) is 2. The molecule has 0 spiro atoms. The summed E-state index contributed by atoms with van der Waals surface area (Å²) in [5.41, 5.74) is 7.87. The Kier molecular flexibility index (Phi) is 7.98. The topological polar surface area (TPSA) is 36.2 Å². The van der Waals surface area contributed by atoms with Gasteiger partial charge >= 0.3 is 5.97 Å². The summed E-state index contributed by atoms with van der Waals surface area (Å²) >= 11 is 0. The molecule has 0 atom stereocenters. The van der Waals surface area contributed by atoms with E-state index < -0.39 is 5.60 Å². The number of rotatable bonds is 12. The average molecular weight is 561 g/mol. The Morgan fingerprint density at radius 3 is 1.60 bits per heavy atom. The van der Waals surface area contributed by atoms with Crippen molar-refractivity contribution in [2.75, 3.05) is 0 Å². The maximum atomic E-state index is 13.9. The van der Waals surface area contributed by atoms with Gasteiger partial charge in [0, 0.05) is 63.0 Å². The second-order valence-electron chi connectivity index (χ2n) is 11.7. The lowest BCUT2D eigenvalue weighted by atomic mass is 9.76. The fraction of sp³-hybridized carbons (Fsp3) is 0.395.